The number of carbonyl (C=O) groups is 1. The number of aromatic nitrogens is 1. The van der Waals surface area contributed by atoms with Gasteiger partial charge in [-0.1, -0.05) is 19.6 Å². The molecule has 0 fully saturated rings. The normalized spacial score (nSPS) is 22.5. The molecular formula is C11H13NO. The highest BCUT2D eigenvalue weighted by molar-refractivity contribution is 6.00. The minimum absolute atomic E-state index is 0.132. The Labute approximate surface area is 77.0 Å². The molecular weight excluding hydrogens is 162 g/mol. The number of H-pyrrole nitrogens is 1. The summed E-state index contributed by atoms with van der Waals surface area (Å²) in [5.41, 5.74) is 1.90. The van der Waals surface area contributed by atoms with Gasteiger partial charge in [-0.05, 0) is 24.1 Å². The lowest BCUT2D eigenvalue weighted by atomic mass is 10.1. The molecule has 2 rings (SSSR count). The Morgan fingerprint density at radius 1 is 1.62 bits per heavy atom. The van der Waals surface area contributed by atoms with Gasteiger partial charge in [0.2, 0.25) is 0 Å². The molecule has 0 bridgehead atoms. The molecule has 0 aliphatic heterocycles. The number of aromatic amines is 1. The van der Waals surface area contributed by atoms with Gasteiger partial charge in [-0.2, -0.15) is 0 Å². The molecule has 2 nitrogen and oxygen atoms in total. The average molecular weight is 175 g/mol. The first kappa shape index (κ1) is 8.30. The summed E-state index contributed by atoms with van der Waals surface area (Å²) in [5.74, 6) is 0.362. The molecule has 1 aliphatic carbocycles. The van der Waals surface area contributed by atoms with E-state index in [1.165, 1.54) is 0 Å². The Morgan fingerprint density at radius 3 is 2.85 bits per heavy atom. The van der Waals surface area contributed by atoms with E-state index in [1.54, 1.807) is 0 Å². The van der Waals surface area contributed by atoms with Crippen molar-refractivity contribution in [2.24, 2.45) is 5.92 Å². The van der Waals surface area contributed by atoms with E-state index in [0.29, 0.717) is 0 Å². The molecule has 0 spiro atoms. The summed E-state index contributed by atoms with van der Waals surface area (Å²) in [6, 6.07) is 0. The Morgan fingerprint density at radius 2 is 2.31 bits per heavy atom. The van der Waals surface area contributed by atoms with Crippen LogP contribution in [0.15, 0.2) is 0 Å². The highest BCUT2D eigenvalue weighted by Crippen LogP contribution is 2.20. The Hall–Kier alpha value is -1.31. The fraction of sp³-hybridized carbons (Fsp3) is 0.364. The van der Waals surface area contributed by atoms with E-state index in [0.717, 1.165) is 28.2 Å². The molecule has 0 aromatic carbocycles. The van der Waals surface area contributed by atoms with Crippen molar-refractivity contribution < 1.29 is 4.79 Å². The van der Waals surface area contributed by atoms with E-state index in [2.05, 4.69) is 11.6 Å². The summed E-state index contributed by atoms with van der Waals surface area (Å²) in [7, 11) is 0. The molecule has 1 unspecified atom stereocenters. The maximum Gasteiger partial charge on any atom is 0.182 e. The number of Topliss-reactive ketones (excluding diaryl/α,β-unsaturated/α-hetero) is 1. The first-order valence-electron chi connectivity index (χ1n) is 4.55. The van der Waals surface area contributed by atoms with Crippen LogP contribution in [0.2, 0.25) is 0 Å². The van der Waals surface area contributed by atoms with Crippen LogP contribution in [0.25, 0.3) is 12.7 Å². The molecule has 0 saturated heterocycles. The standard InChI is InChI=1S/C11H13NO/c1-4-9-7(3)8-5-6(2)11(13)10(8)12-9/h4,6,12H,3,5H2,1-2H3/b9-4+. The van der Waals surface area contributed by atoms with Crippen molar-refractivity contribution in [3.05, 3.63) is 21.8 Å². The summed E-state index contributed by atoms with van der Waals surface area (Å²) in [6.45, 7) is 7.89. The van der Waals surface area contributed by atoms with Crippen LogP contribution in [-0.4, -0.2) is 10.8 Å². The largest absolute Gasteiger partial charge is 0.352 e. The second-order valence-electron chi connectivity index (χ2n) is 3.63. The third-order valence-corrected chi connectivity index (χ3v) is 2.74. The molecule has 1 N–H and O–H groups in total. The molecule has 1 aliphatic rings. The summed E-state index contributed by atoms with van der Waals surface area (Å²) in [4.78, 5) is 14.7. The smallest absolute Gasteiger partial charge is 0.182 e. The zero-order valence-corrected chi connectivity index (χ0v) is 7.98. The highest BCUT2D eigenvalue weighted by Gasteiger charge is 2.29. The Kier molecular flexibility index (Phi) is 1.65. The van der Waals surface area contributed by atoms with Crippen LogP contribution in [0.3, 0.4) is 0 Å². The maximum atomic E-state index is 11.6. The fourth-order valence-corrected chi connectivity index (χ4v) is 1.93. The minimum atomic E-state index is 0.132. The van der Waals surface area contributed by atoms with E-state index >= 15 is 0 Å². The topological polar surface area (TPSA) is 32.9 Å². The lowest BCUT2D eigenvalue weighted by Crippen LogP contribution is -2.24. The number of hydrogen-bond donors (Lipinski definition) is 1. The van der Waals surface area contributed by atoms with Crippen molar-refractivity contribution in [2.45, 2.75) is 20.3 Å². The van der Waals surface area contributed by atoms with Crippen molar-refractivity contribution in [3.8, 4) is 0 Å². The predicted octanol–water partition coefficient (Wildman–Crippen LogP) is 0.600. The van der Waals surface area contributed by atoms with Crippen LogP contribution in [0.4, 0.5) is 0 Å². The minimum Gasteiger partial charge on any atom is -0.352 e. The van der Waals surface area contributed by atoms with Gasteiger partial charge in [0, 0.05) is 11.3 Å². The van der Waals surface area contributed by atoms with E-state index in [9.17, 15) is 4.79 Å². The van der Waals surface area contributed by atoms with Crippen molar-refractivity contribution in [1.82, 2.24) is 4.98 Å². The van der Waals surface area contributed by atoms with Crippen molar-refractivity contribution in [2.75, 3.05) is 0 Å². The van der Waals surface area contributed by atoms with Gasteiger partial charge in [-0.15, -0.1) is 0 Å². The summed E-state index contributed by atoms with van der Waals surface area (Å²) in [6.07, 6.45) is 2.80. The molecule has 2 heteroatoms. The number of nitrogens with one attached hydrogen (secondary N) is 1. The summed E-state index contributed by atoms with van der Waals surface area (Å²) >= 11 is 0. The highest BCUT2D eigenvalue weighted by atomic mass is 16.1. The quantitative estimate of drug-likeness (QED) is 0.615. The van der Waals surface area contributed by atoms with Crippen LogP contribution >= 0.6 is 0 Å². The van der Waals surface area contributed by atoms with Crippen molar-refractivity contribution in [1.29, 1.82) is 0 Å². The molecule has 0 radical (unpaired) electrons. The second kappa shape index (κ2) is 2.59. The Bertz CT molecular complexity index is 467. The molecule has 1 heterocycles. The van der Waals surface area contributed by atoms with Crippen molar-refractivity contribution >= 4 is 18.4 Å². The van der Waals surface area contributed by atoms with Gasteiger partial charge in [0.05, 0.1) is 5.69 Å². The van der Waals surface area contributed by atoms with E-state index in [4.69, 9.17) is 0 Å². The number of ketones is 1. The van der Waals surface area contributed by atoms with Gasteiger partial charge in [-0.25, -0.2) is 0 Å². The molecule has 1 aromatic heterocycles. The van der Waals surface area contributed by atoms with Crippen LogP contribution in [0.1, 0.15) is 29.9 Å². The fourth-order valence-electron chi connectivity index (χ4n) is 1.93. The summed E-state index contributed by atoms with van der Waals surface area (Å²) in [5, 5.41) is 1.99. The first-order valence-corrected chi connectivity index (χ1v) is 4.55. The second-order valence-corrected chi connectivity index (χ2v) is 3.63. The number of hydrogen-bond acceptors (Lipinski definition) is 1. The monoisotopic (exact) mass is 175 g/mol. The van der Waals surface area contributed by atoms with Crippen molar-refractivity contribution in [3.63, 3.8) is 0 Å². The molecule has 13 heavy (non-hydrogen) atoms. The predicted molar refractivity (Wildman–Crippen MR) is 52.9 cm³/mol. The van der Waals surface area contributed by atoms with Gasteiger partial charge in [0.15, 0.2) is 5.78 Å². The van der Waals surface area contributed by atoms with Gasteiger partial charge in [-0.3, -0.25) is 4.79 Å². The van der Waals surface area contributed by atoms with E-state index < -0.39 is 0 Å². The maximum absolute atomic E-state index is 11.6. The van der Waals surface area contributed by atoms with Crippen LogP contribution < -0.4 is 10.6 Å². The van der Waals surface area contributed by atoms with E-state index in [-0.39, 0.29) is 11.7 Å². The molecule has 68 valence electrons. The van der Waals surface area contributed by atoms with Crippen LogP contribution in [-0.2, 0) is 6.42 Å². The number of carbonyl (C=O) groups excluding carboxylic acids is 1. The first-order chi connectivity index (χ1) is 6.15. The van der Waals surface area contributed by atoms with Crippen LogP contribution in [0, 0.1) is 5.92 Å². The molecule has 1 aromatic rings. The third-order valence-electron chi connectivity index (χ3n) is 2.74. The average Bonchev–Trinajstić information content (AvgIpc) is 2.56. The van der Waals surface area contributed by atoms with Gasteiger partial charge in [0.1, 0.15) is 0 Å². The zero-order valence-electron chi connectivity index (χ0n) is 7.98. The van der Waals surface area contributed by atoms with Gasteiger partial charge < -0.3 is 4.98 Å². The third kappa shape index (κ3) is 0.981. The summed E-state index contributed by atoms with van der Waals surface area (Å²) < 4.78 is 0. The molecule has 0 saturated carbocycles. The van der Waals surface area contributed by atoms with Gasteiger partial charge >= 0.3 is 0 Å². The van der Waals surface area contributed by atoms with E-state index in [1.807, 2.05) is 19.9 Å². The molecule has 1 atom stereocenters. The van der Waals surface area contributed by atoms with Gasteiger partial charge in [0.25, 0.3) is 0 Å². The lowest BCUT2D eigenvalue weighted by Gasteiger charge is -1.95. The Balaban J connectivity index is 2.74. The number of fused-ring (bicyclic) bond motifs is 1. The van der Waals surface area contributed by atoms with Crippen LogP contribution in [0.5, 0.6) is 0 Å². The SMILES string of the molecule is C=c1c2c([nH]/c1=C/C)C(=O)C(C)C2. The lowest BCUT2D eigenvalue weighted by molar-refractivity contribution is 0.0942. The number of rotatable bonds is 0. The molecule has 0 amide bonds. The zero-order chi connectivity index (χ0) is 9.59.